The second-order valence-corrected chi connectivity index (χ2v) is 7.93. The molecule has 0 heterocycles. The van der Waals surface area contributed by atoms with Gasteiger partial charge in [-0.1, -0.05) is 29.4 Å². The average Bonchev–Trinajstić information content (AvgIpc) is 3.32. The summed E-state index contributed by atoms with van der Waals surface area (Å²) in [6.07, 6.45) is 8.02. The number of hydrogen-bond donors (Lipinski definition) is 0. The number of esters is 1. The van der Waals surface area contributed by atoms with Gasteiger partial charge in [0.25, 0.3) is 0 Å². The fraction of sp³-hybridized carbons (Fsp3) is 0.385. The van der Waals surface area contributed by atoms with Crippen LogP contribution in [-0.4, -0.2) is 32.5 Å². The Kier molecular flexibility index (Phi) is 8.31. The highest BCUT2D eigenvalue weighted by atomic mass is 16.6. The Morgan fingerprint density at radius 1 is 1.09 bits per heavy atom. The van der Waals surface area contributed by atoms with Gasteiger partial charge in [-0.3, -0.25) is 0 Å². The first-order chi connectivity index (χ1) is 15.5. The summed E-state index contributed by atoms with van der Waals surface area (Å²) in [7, 11) is 2.85. The topological polar surface area (TPSA) is 66.4 Å². The lowest BCUT2D eigenvalue weighted by Crippen LogP contribution is -2.08. The Morgan fingerprint density at radius 3 is 2.56 bits per heavy atom. The van der Waals surface area contributed by atoms with Crippen molar-refractivity contribution in [2.75, 3.05) is 14.2 Å². The molecule has 2 aromatic rings. The van der Waals surface area contributed by atoms with Crippen molar-refractivity contribution in [2.24, 2.45) is 5.16 Å². The number of oxime groups is 1. The summed E-state index contributed by atoms with van der Waals surface area (Å²) < 4.78 is 16.1. The van der Waals surface area contributed by atoms with Crippen molar-refractivity contribution in [3.63, 3.8) is 0 Å². The predicted octanol–water partition coefficient (Wildman–Crippen LogP) is 5.34. The van der Waals surface area contributed by atoms with Crippen molar-refractivity contribution in [2.45, 2.75) is 52.2 Å². The second-order valence-electron chi connectivity index (χ2n) is 7.93. The van der Waals surface area contributed by atoms with Crippen LogP contribution in [0.25, 0.3) is 5.57 Å². The van der Waals surface area contributed by atoms with Crippen LogP contribution in [0.15, 0.2) is 47.8 Å². The highest BCUT2D eigenvalue weighted by molar-refractivity contribution is 6.16. The second kappa shape index (κ2) is 11.4. The first-order valence-corrected chi connectivity index (χ1v) is 10.9. The monoisotopic (exact) mass is 437 g/mol. The standard InChI is InChI=1S/C26H31NO5/c1-18-14-25(19(2)13-21(18)15-27-32-22-10-6-7-11-22)31-16-20-9-5-8-12-23(20)24(17-29-3)26(28)30-4/h5,8-9,12-15,17,22H,6-7,10-11,16H2,1-4H3. The van der Waals surface area contributed by atoms with Gasteiger partial charge in [0.05, 0.1) is 26.7 Å². The van der Waals surface area contributed by atoms with Gasteiger partial charge >= 0.3 is 5.97 Å². The molecule has 0 aliphatic heterocycles. The van der Waals surface area contributed by atoms with Gasteiger partial charge in [-0.05, 0) is 79.5 Å². The smallest absolute Gasteiger partial charge is 0.341 e. The number of rotatable bonds is 9. The lowest BCUT2D eigenvalue weighted by Gasteiger charge is -2.15. The molecule has 3 rings (SSSR count). The van der Waals surface area contributed by atoms with E-state index in [-0.39, 0.29) is 6.10 Å². The molecule has 0 amide bonds. The van der Waals surface area contributed by atoms with E-state index < -0.39 is 5.97 Å². The molecule has 0 saturated heterocycles. The molecule has 6 nitrogen and oxygen atoms in total. The van der Waals surface area contributed by atoms with E-state index in [4.69, 9.17) is 19.0 Å². The summed E-state index contributed by atoms with van der Waals surface area (Å²) in [6, 6.07) is 11.6. The van der Waals surface area contributed by atoms with Gasteiger partial charge < -0.3 is 19.0 Å². The Labute approximate surface area is 189 Å². The molecule has 1 saturated carbocycles. The highest BCUT2D eigenvalue weighted by Crippen LogP contribution is 2.26. The molecule has 1 fully saturated rings. The fourth-order valence-corrected chi connectivity index (χ4v) is 3.79. The molecule has 2 aromatic carbocycles. The lowest BCUT2D eigenvalue weighted by atomic mass is 10.0. The van der Waals surface area contributed by atoms with Crippen molar-refractivity contribution >= 4 is 17.8 Å². The lowest BCUT2D eigenvalue weighted by molar-refractivity contribution is -0.133. The molecule has 1 aliphatic rings. The van der Waals surface area contributed by atoms with Crippen LogP contribution in [0.4, 0.5) is 0 Å². The molecule has 0 unspecified atom stereocenters. The first kappa shape index (κ1) is 23.4. The van der Waals surface area contributed by atoms with E-state index in [1.165, 1.54) is 33.3 Å². The summed E-state index contributed by atoms with van der Waals surface area (Å²) in [4.78, 5) is 17.8. The third-order valence-corrected chi connectivity index (χ3v) is 5.60. The van der Waals surface area contributed by atoms with Crippen LogP contribution in [0.3, 0.4) is 0 Å². The van der Waals surface area contributed by atoms with Gasteiger partial charge in [-0.2, -0.15) is 0 Å². The van der Waals surface area contributed by atoms with Crippen LogP contribution < -0.4 is 4.74 Å². The number of nitrogens with zero attached hydrogens (tertiary/aromatic N) is 1. The first-order valence-electron chi connectivity index (χ1n) is 10.9. The number of methoxy groups -OCH3 is 2. The van der Waals surface area contributed by atoms with Crippen molar-refractivity contribution < 1.29 is 23.8 Å². The van der Waals surface area contributed by atoms with E-state index in [9.17, 15) is 4.79 Å². The predicted molar refractivity (Wildman–Crippen MR) is 125 cm³/mol. The maximum Gasteiger partial charge on any atom is 0.341 e. The average molecular weight is 438 g/mol. The van der Waals surface area contributed by atoms with Crippen molar-refractivity contribution in [1.82, 2.24) is 0 Å². The Hall–Kier alpha value is -3.28. The molecule has 1 aliphatic carbocycles. The zero-order chi connectivity index (χ0) is 22.9. The summed E-state index contributed by atoms with van der Waals surface area (Å²) in [5.74, 6) is 0.316. The number of hydrogen-bond acceptors (Lipinski definition) is 6. The van der Waals surface area contributed by atoms with Gasteiger partial charge in [0.15, 0.2) is 0 Å². The van der Waals surface area contributed by atoms with Gasteiger partial charge in [0.2, 0.25) is 0 Å². The van der Waals surface area contributed by atoms with Crippen molar-refractivity contribution in [3.05, 3.63) is 70.5 Å². The minimum Gasteiger partial charge on any atom is -0.503 e. The van der Waals surface area contributed by atoms with Crippen LogP contribution in [0, 0.1) is 13.8 Å². The zero-order valence-electron chi connectivity index (χ0n) is 19.2. The fourth-order valence-electron chi connectivity index (χ4n) is 3.79. The van der Waals surface area contributed by atoms with Crippen LogP contribution in [0.1, 0.15) is 53.5 Å². The Morgan fingerprint density at radius 2 is 1.84 bits per heavy atom. The summed E-state index contributed by atoms with van der Waals surface area (Å²) in [5, 5.41) is 4.19. The SMILES string of the molecule is COC=C(C(=O)OC)c1ccccc1COc1cc(C)c(C=NOC2CCCC2)cc1C. The van der Waals surface area contributed by atoms with E-state index in [1.54, 1.807) is 6.21 Å². The zero-order valence-corrected chi connectivity index (χ0v) is 19.2. The third-order valence-electron chi connectivity index (χ3n) is 5.60. The number of ether oxygens (including phenoxy) is 3. The number of aryl methyl sites for hydroxylation is 2. The van der Waals surface area contributed by atoms with E-state index in [0.29, 0.717) is 17.7 Å². The van der Waals surface area contributed by atoms with Crippen molar-refractivity contribution in [1.29, 1.82) is 0 Å². The minimum absolute atomic E-state index is 0.248. The molecule has 0 spiro atoms. The largest absolute Gasteiger partial charge is 0.503 e. The van der Waals surface area contributed by atoms with Gasteiger partial charge in [0, 0.05) is 0 Å². The van der Waals surface area contributed by atoms with Gasteiger partial charge in [-0.15, -0.1) is 0 Å². The van der Waals surface area contributed by atoms with E-state index >= 15 is 0 Å². The van der Waals surface area contributed by atoms with E-state index in [1.807, 2.05) is 50.2 Å². The molecule has 0 bridgehead atoms. The Balaban J connectivity index is 1.73. The highest BCUT2D eigenvalue weighted by Gasteiger charge is 2.18. The van der Waals surface area contributed by atoms with Gasteiger partial charge in [0.1, 0.15) is 24.0 Å². The molecular weight excluding hydrogens is 406 g/mol. The normalized spacial score (nSPS) is 14.6. The molecular formula is C26H31NO5. The van der Waals surface area contributed by atoms with E-state index in [0.717, 1.165) is 40.8 Å². The van der Waals surface area contributed by atoms with Gasteiger partial charge in [-0.25, -0.2) is 4.79 Å². The van der Waals surface area contributed by atoms with Crippen LogP contribution in [0.5, 0.6) is 5.75 Å². The minimum atomic E-state index is -0.463. The van der Waals surface area contributed by atoms with Crippen LogP contribution >= 0.6 is 0 Å². The Bertz CT molecular complexity index is 990. The summed E-state index contributed by atoms with van der Waals surface area (Å²) in [6.45, 7) is 4.32. The summed E-state index contributed by atoms with van der Waals surface area (Å²) in [5.41, 5.74) is 4.96. The number of carbonyl (C=O) groups is 1. The maximum absolute atomic E-state index is 12.2. The molecule has 0 N–H and O–H groups in total. The molecule has 0 aromatic heterocycles. The molecule has 0 radical (unpaired) electrons. The maximum atomic E-state index is 12.2. The molecule has 170 valence electrons. The summed E-state index contributed by atoms with van der Waals surface area (Å²) >= 11 is 0. The third kappa shape index (κ3) is 5.90. The molecule has 0 atom stereocenters. The van der Waals surface area contributed by atoms with Crippen LogP contribution in [0.2, 0.25) is 0 Å². The molecule has 32 heavy (non-hydrogen) atoms. The number of carbonyl (C=O) groups excluding carboxylic acids is 1. The van der Waals surface area contributed by atoms with E-state index in [2.05, 4.69) is 5.16 Å². The van der Waals surface area contributed by atoms with Crippen molar-refractivity contribution in [3.8, 4) is 5.75 Å². The van der Waals surface area contributed by atoms with Crippen LogP contribution in [-0.2, 0) is 25.7 Å². The number of benzene rings is 2. The molecule has 6 heteroatoms. The quantitative estimate of drug-likeness (QED) is 0.174.